The fourth-order valence-electron chi connectivity index (χ4n) is 4.27. The molecule has 0 aliphatic heterocycles. The molecule has 9 nitrogen and oxygen atoms in total. The first kappa shape index (κ1) is 33.7. The number of aryl methyl sites for hydroxylation is 1. The molecule has 2 aromatic carbocycles. The first-order valence-electron chi connectivity index (χ1n) is 14.1. The Balaban J connectivity index is 1.59. The van der Waals surface area contributed by atoms with Crippen molar-refractivity contribution >= 4 is 46.2 Å². The van der Waals surface area contributed by atoms with Crippen LogP contribution in [0.25, 0.3) is 10.8 Å². The predicted octanol–water partition coefficient (Wildman–Crippen LogP) is 5.87. The van der Waals surface area contributed by atoms with Gasteiger partial charge in [-0.2, -0.15) is 0 Å². The molecule has 3 rings (SSSR count). The number of anilines is 1. The van der Waals surface area contributed by atoms with Gasteiger partial charge in [-0.15, -0.1) is 0 Å². The van der Waals surface area contributed by atoms with Crippen LogP contribution in [0.15, 0.2) is 48.7 Å². The average molecular weight is 619 g/mol. The number of nitrogens with zero attached hydrogens (tertiary/aromatic N) is 2. The molecule has 0 spiro atoms. The summed E-state index contributed by atoms with van der Waals surface area (Å²) in [6.07, 6.45) is 2.52. The summed E-state index contributed by atoms with van der Waals surface area (Å²) in [7, 11) is 1.60. The number of aromatic nitrogens is 1. The topological polar surface area (TPSA) is 124 Å². The fraction of sp³-hybridized carbons (Fsp3) is 0.419. The Morgan fingerprint density at radius 1 is 1.07 bits per heavy atom. The van der Waals surface area contributed by atoms with Gasteiger partial charge in [0.15, 0.2) is 0 Å². The Kier molecular flexibility index (Phi) is 12.6. The first-order valence-corrected chi connectivity index (χ1v) is 14.4. The van der Waals surface area contributed by atoms with Gasteiger partial charge in [-0.3, -0.25) is 14.9 Å². The van der Waals surface area contributed by atoms with Gasteiger partial charge >= 0.3 is 12.1 Å². The second-order valence-electron chi connectivity index (χ2n) is 10.6. The van der Waals surface area contributed by atoms with Gasteiger partial charge in [0.25, 0.3) is 0 Å². The summed E-state index contributed by atoms with van der Waals surface area (Å²) in [4.78, 5) is 43.3. The second kappa shape index (κ2) is 16.1. The molecule has 3 N–H and O–H groups in total. The van der Waals surface area contributed by atoms with E-state index in [2.05, 4.69) is 10.3 Å². The molecule has 0 bridgehead atoms. The number of nitrogens with one attached hydrogen (secondary N) is 1. The number of nitrogens with two attached hydrogens (primary N) is 1. The SMILES string of the molecule is CC(C)[C@@H](N)C(=O)OCCCC[C@@H](COC(=O)Nc1cc2cc(F)ccc2cn1)N(C)C(=O)CCc1cccc(F)c1Cl. The zero-order chi connectivity index (χ0) is 31.5. The highest BCUT2D eigenvalue weighted by atomic mass is 35.5. The Bertz CT molecular complexity index is 1420. The smallest absolute Gasteiger partial charge is 0.412 e. The third kappa shape index (κ3) is 10.1. The molecule has 1 aromatic heterocycles. The van der Waals surface area contributed by atoms with Crippen LogP contribution >= 0.6 is 11.6 Å². The van der Waals surface area contributed by atoms with E-state index < -0.39 is 35.8 Å². The Morgan fingerprint density at radius 3 is 2.58 bits per heavy atom. The zero-order valence-electron chi connectivity index (χ0n) is 24.4. The lowest BCUT2D eigenvalue weighted by Gasteiger charge is -2.28. The highest BCUT2D eigenvalue weighted by Crippen LogP contribution is 2.22. The fourth-order valence-corrected chi connectivity index (χ4v) is 4.49. The number of hydrogen-bond donors (Lipinski definition) is 2. The van der Waals surface area contributed by atoms with Crippen LogP contribution in [0.1, 0.15) is 45.1 Å². The molecule has 2 atom stereocenters. The molecular formula is C31H37ClF2N4O5. The van der Waals surface area contributed by atoms with Crippen LogP contribution < -0.4 is 11.1 Å². The Labute approximate surface area is 254 Å². The van der Waals surface area contributed by atoms with Gasteiger partial charge in [0.2, 0.25) is 5.91 Å². The van der Waals surface area contributed by atoms with Gasteiger partial charge in [-0.1, -0.05) is 37.6 Å². The van der Waals surface area contributed by atoms with Crippen molar-refractivity contribution in [2.75, 3.05) is 25.6 Å². The van der Waals surface area contributed by atoms with Gasteiger partial charge in [-0.05, 0) is 72.9 Å². The molecular weight excluding hydrogens is 582 g/mol. The summed E-state index contributed by atoms with van der Waals surface area (Å²) in [5, 5.41) is 3.77. The van der Waals surface area contributed by atoms with Gasteiger partial charge in [0, 0.05) is 25.1 Å². The van der Waals surface area contributed by atoms with E-state index >= 15 is 0 Å². The molecule has 0 aliphatic carbocycles. The number of unbranched alkanes of at least 4 members (excludes halogenated alkanes) is 1. The van der Waals surface area contributed by atoms with Crippen LogP contribution in [-0.4, -0.2) is 60.2 Å². The molecule has 0 saturated carbocycles. The van der Waals surface area contributed by atoms with Crippen LogP contribution in [0.5, 0.6) is 0 Å². The van der Waals surface area contributed by atoms with E-state index in [9.17, 15) is 23.2 Å². The average Bonchev–Trinajstić information content (AvgIpc) is 2.97. The van der Waals surface area contributed by atoms with Crippen LogP contribution in [0.2, 0.25) is 5.02 Å². The lowest BCUT2D eigenvalue weighted by molar-refractivity contribution is -0.146. The third-order valence-electron chi connectivity index (χ3n) is 7.07. The lowest BCUT2D eigenvalue weighted by Crippen LogP contribution is -2.41. The summed E-state index contributed by atoms with van der Waals surface area (Å²) in [6, 6.07) is 8.98. The van der Waals surface area contributed by atoms with Crippen LogP contribution in [0.4, 0.5) is 19.4 Å². The van der Waals surface area contributed by atoms with Gasteiger partial charge in [0.1, 0.15) is 30.1 Å². The van der Waals surface area contributed by atoms with Gasteiger partial charge < -0.3 is 20.1 Å². The molecule has 2 amide bonds. The maximum Gasteiger partial charge on any atom is 0.412 e. The molecule has 232 valence electrons. The minimum absolute atomic E-state index is 0.0220. The normalized spacial score (nSPS) is 12.6. The summed E-state index contributed by atoms with van der Waals surface area (Å²) in [5.41, 5.74) is 6.33. The van der Waals surface area contributed by atoms with Crippen LogP contribution in [0, 0.1) is 17.6 Å². The monoisotopic (exact) mass is 618 g/mol. The molecule has 0 unspecified atom stereocenters. The van der Waals surface area contributed by atoms with E-state index in [1.165, 1.54) is 41.4 Å². The van der Waals surface area contributed by atoms with Crippen molar-refractivity contribution in [2.24, 2.45) is 11.7 Å². The Morgan fingerprint density at radius 2 is 1.84 bits per heavy atom. The summed E-state index contributed by atoms with van der Waals surface area (Å²) in [5.74, 6) is -1.56. The minimum Gasteiger partial charge on any atom is -0.465 e. The number of ether oxygens (including phenoxy) is 2. The second-order valence-corrected chi connectivity index (χ2v) is 11.0. The molecule has 1 heterocycles. The van der Waals surface area contributed by atoms with Crippen LogP contribution in [0.3, 0.4) is 0 Å². The molecule has 0 fully saturated rings. The van der Waals surface area contributed by atoms with Gasteiger partial charge in [-0.25, -0.2) is 18.6 Å². The van der Waals surface area contributed by atoms with E-state index in [-0.39, 0.29) is 48.7 Å². The van der Waals surface area contributed by atoms with Crippen molar-refractivity contribution in [3.05, 3.63) is 70.9 Å². The van der Waals surface area contributed by atoms with Crippen molar-refractivity contribution in [3.8, 4) is 0 Å². The number of likely N-dealkylation sites (N-methyl/N-ethyl adjacent to an activating group) is 1. The number of pyridine rings is 1. The van der Waals surface area contributed by atoms with Crippen molar-refractivity contribution in [1.29, 1.82) is 0 Å². The van der Waals surface area contributed by atoms with E-state index in [0.29, 0.717) is 35.6 Å². The third-order valence-corrected chi connectivity index (χ3v) is 7.49. The van der Waals surface area contributed by atoms with E-state index in [4.69, 9.17) is 26.8 Å². The molecule has 12 heteroatoms. The number of hydrogen-bond acceptors (Lipinski definition) is 7. The molecule has 43 heavy (non-hydrogen) atoms. The number of esters is 1. The number of halogens is 3. The Hall–Kier alpha value is -3.83. The predicted molar refractivity (Wildman–Crippen MR) is 161 cm³/mol. The minimum atomic E-state index is -0.794. The summed E-state index contributed by atoms with van der Waals surface area (Å²) < 4.78 is 38.1. The zero-order valence-corrected chi connectivity index (χ0v) is 25.2. The number of benzene rings is 2. The van der Waals surface area contributed by atoms with Crippen molar-refractivity contribution < 1.29 is 32.6 Å². The molecule has 3 aromatic rings. The number of rotatable bonds is 14. The first-order chi connectivity index (χ1) is 20.5. The van der Waals surface area contributed by atoms with Crippen molar-refractivity contribution in [2.45, 2.75) is 58.0 Å². The molecule has 0 saturated heterocycles. The highest BCUT2D eigenvalue weighted by molar-refractivity contribution is 6.31. The number of carbonyl (C=O) groups excluding carboxylic acids is 3. The van der Waals surface area contributed by atoms with Crippen molar-refractivity contribution in [3.63, 3.8) is 0 Å². The number of carbonyl (C=O) groups is 3. The summed E-state index contributed by atoms with van der Waals surface area (Å²) in [6.45, 7) is 3.70. The number of amides is 2. The maximum atomic E-state index is 13.8. The maximum absolute atomic E-state index is 13.8. The van der Waals surface area contributed by atoms with E-state index in [1.807, 2.05) is 13.8 Å². The summed E-state index contributed by atoms with van der Waals surface area (Å²) >= 11 is 6.04. The largest absolute Gasteiger partial charge is 0.465 e. The van der Waals surface area contributed by atoms with Crippen molar-refractivity contribution in [1.82, 2.24) is 9.88 Å². The lowest BCUT2D eigenvalue weighted by atomic mass is 10.1. The van der Waals surface area contributed by atoms with Crippen LogP contribution in [-0.2, 0) is 25.5 Å². The van der Waals surface area contributed by atoms with Gasteiger partial charge in [0.05, 0.1) is 17.7 Å². The van der Waals surface area contributed by atoms with E-state index in [0.717, 1.165) is 0 Å². The molecule has 0 aliphatic rings. The quantitative estimate of drug-likeness (QED) is 0.171. The number of fused-ring (bicyclic) bond motifs is 1. The van der Waals surface area contributed by atoms with E-state index in [1.54, 1.807) is 19.2 Å². The standard InChI is InChI=1S/C31H37ClF2N4O5/c1-19(2)29(35)30(40)42-14-5-4-8-24(38(3)27(39)13-11-20-7-6-9-25(34)28(20)32)18-43-31(41)37-26-16-22-15-23(33)12-10-21(22)17-36-26/h6-7,9-10,12,15-17,19,24,29H,4-5,8,11,13-14,18,35H2,1-3H3,(H,36,37,41)/t24-,29+/m0/s1. The highest BCUT2D eigenvalue weighted by Gasteiger charge is 2.23. The molecule has 0 radical (unpaired) electrons.